The number of nitrogens with zero attached hydrogens (tertiary/aromatic N) is 3. The van der Waals surface area contributed by atoms with E-state index in [0.29, 0.717) is 12.6 Å². The molecule has 0 atom stereocenters. The summed E-state index contributed by atoms with van der Waals surface area (Å²) in [4.78, 5) is 20.0. The van der Waals surface area contributed by atoms with E-state index in [1.165, 1.54) is 12.8 Å². The van der Waals surface area contributed by atoms with E-state index in [-0.39, 0.29) is 36.4 Å². The normalized spacial score (nSPS) is 14.8. The fraction of sp³-hybridized carbons (Fsp3) is 0.556. The second-order valence-electron chi connectivity index (χ2n) is 6.50. The number of guanidine groups is 1. The molecule has 0 bridgehead atoms. The third-order valence-electron chi connectivity index (χ3n) is 4.28. The van der Waals surface area contributed by atoms with Crippen molar-refractivity contribution in [3.63, 3.8) is 0 Å². The Labute approximate surface area is 172 Å². The number of rotatable bonds is 5. The van der Waals surface area contributed by atoms with Gasteiger partial charge in [-0.1, -0.05) is 42.6 Å². The van der Waals surface area contributed by atoms with Crippen LogP contribution in [0.5, 0.6) is 0 Å². The van der Waals surface area contributed by atoms with Gasteiger partial charge in [0.15, 0.2) is 5.96 Å². The first-order valence-corrected chi connectivity index (χ1v) is 8.81. The molecule has 1 fully saturated rings. The molecule has 1 aromatic rings. The van der Waals surface area contributed by atoms with Gasteiger partial charge in [0, 0.05) is 38.8 Å². The lowest BCUT2D eigenvalue weighted by molar-refractivity contribution is -0.127. The Kier molecular flexibility index (Phi) is 9.56. The van der Waals surface area contributed by atoms with Crippen molar-refractivity contribution in [1.82, 2.24) is 15.1 Å². The number of carbonyl (C=O) groups is 1. The fourth-order valence-electron chi connectivity index (χ4n) is 2.77. The van der Waals surface area contributed by atoms with Crippen LogP contribution in [0.3, 0.4) is 0 Å². The molecule has 0 saturated heterocycles. The van der Waals surface area contributed by atoms with E-state index in [1.54, 1.807) is 19.0 Å². The standard InChI is InChI=1S/C18H27ClN4O.HI/c1-22(2)17(24)12-20-18(21-15-9-5-6-10-15)23(3)13-14-8-4-7-11-16(14)19;/h4,7-8,11,15H,5-6,9-10,12-13H2,1-3H3,(H,20,21);1H. The molecule has 1 saturated carbocycles. The van der Waals surface area contributed by atoms with Gasteiger partial charge in [-0.2, -0.15) is 0 Å². The molecule has 1 aliphatic carbocycles. The summed E-state index contributed by atoms with van der Waals surface area (Å²) in [7, 11) is 5.47. The minimum Gasteiger partial charge on any atom is -0.353 e. The largest absolute Gasteiger partial charge is 0.353 e. The second kappa shape index (κ2) is 10.9. The van der Waals surface area contributed by atoms with Crippen molar-refractivity contribution < 1.29 is 4.79 Å². The number of halogens is 2. The molecule has 1 amide bonds. The van der Waals surface area contributed by atoms with E-state index >= 15 is 0 Å². The van der Waals surface area contributed by atoms with Crippen molar-refractivity contribution >= 4 is 47.4 Å². The topological polar surface area (TPSA) is 47.9 Å². The Morgan fingerprint density at radius 2 is 1.88 bits per heavy atom. The zero-order valence-electron chi connectivity index (χ0n) is 15.2. The molecule has 0 unspecified atom stereocenters. The number of benzene rings is 1. The van der Waals surface area contributed by atoms with Gasteiger partial charge in [-0.25, -0.2) is 4.99 Å². The Hall–Kier alpha value is -1.02. The van der Waals surface area contributed by atoms with Gasteiger partial charge in [-0.15, -0.1) is 24.0 Å². The monoisotopic (exact) mass is 478 g/mol. The summed E-state index contributed by atoms with van der Waals surface area (Å²) in [5.41, 5.74) is 1.04. The van der Waals surface area contributed by atoms with Crippen molar-refractivity contribution in [3.8, 4) is 0 Å². The molecule has 1 N–H and O–H groups in total. The van der Waals surface area contributed by atoms with E-state index in [4.69, 9.17) is 11.6 Å². The number of hydrogen-bond donors (Lipinski definition) is 1. The van der Waals surface area contributed by atoms with Gasteiger partial charge >= 0.3 is 0 Å². The van der Waals surface area contributed by atoms with Crippen LogP contribution in [0.1, 0.15) is 31.2 Å². The van der Waals surface area contributed by atoms with Gasteiger partial charge in [0.2, 0.25) is 5.91 Å². The minimum absolute atomic E-state index is 0. The first-order chi connectivity index (χ1) is 11.5. The summed E-state index contributed by atoms with van der Waals surface area (Å²) in [6.45, 7) is 0.795. The van der Waals surface area contributed by atoms with Crippen molar-refractivity contribution in [1.29, 1.82) is 0 Å². The molecule has 5 nitrogen and oxygen atoms in total. The van der Waals surface area contributed by atoms with Crippen molar-refractivity contribution in [2.75, 3.05) is 27.7 Å². The molecule has 0 radical (unpaired) electrons. The molecule has 2 rings (SSSR count). The number of amides is 1. The number of nitrogens with one attached hydrogen (secondary N) is 1. The van der Waals surface area contributed by atoms with Crippen molar-refractivity contribution in [3.05, 3.63) is 34.9 Å². The fourth-order valence-corrected chi connectivity index (χ4v) is 2.97. The van der Waals surface area contributed by atoms with Gasteiger partial charge in [0.25, 0.3) is 0 Å². The maximum Gasteiger partial charge on any atom is 0.243 e. The summed E-state index contributed by atoms with van der Waals surface area (Å²) < 4.78 is 0. The summed E-state index contributed by atoms with van der Waals surface area (Å²) in [6, 6.07) is 8.24. The zero-order chi connectivity index (χ0) is 17.5. The molecule has 7 heteroatoms. The third kappa shape index (κ3) is 7.01. The lowest BCUT2D eigenvalue weighted by atomic mass is 10.2. The van der Waals surface area contributed by atoms with E-state index in [2.05, 4.69) is 10.3 Å². The van der Waals surface area contributed by atoms with Crippen LogP contribution in [0.2, 0.25) is 5.02 Å². The van der Waals surface area contributed by atoms with Crippen LogP contribution in [0.4, 0.5) is 0 Å². The van der Waals surface area contributed by atoms with Gasteiger partial charge in [-0.3, -0.25) is 4.79 Å². The molecule has 0 aromatic heterocycles. The van der Waals surface area contributed by atoms with Crippen LogP contribution in [0.15, 0.2) is 29.3 Å². The van der Waals surface area contributed by atoms with Crippen molar-refractivity contribution in [2.24, 2.45) is 4.99 Å². The van der Waals surface area contributed by atoms with Crippen LogP contribution in [0.25, 0.3) is 0 Å². The highest BCUT2D eigenvalue weighted by atomic mass is 127. The number of aliphatic imine (C=N–C) groups is 1. The van der Waals surface area contributed by atoms with Gasteiger partial charge in [0.05, 0.1) is 0 Å². The van der Waals surface area contributed by atoms with Crippen LogP contribution in [0, 0.1) is 0 Å². The molecule has 140 valence electrons. The number of hydrogen-bond acceptors (Lipinski definition) is 2. The highest BCUT2D eigenvalue weighted by Gasteiger charge is 2.19. The summed E-state index contributed by atoms with van der Waals surface area (Å²) in [6.07, 6.45) is 4.80. The molecule has 25 heavy (non-hydrogen) atoms. The lowest BCUT2D eigenvalue weighted by Gasteiger charge is -2.26. The van der Waals surface area contributed by atoms with E-state index in [0.717, 1.165) is 29.4 Å². The SMILES string of the molecule is CN(C)C(=O)CN=C(NC1CCCC1)N(C)Cc1ccccc1Cl.I. The van der Waals surface area contributed by atoms with Crippen molar-refractivity contribution in [2.45, 2.75) is 38.3 Å². The molecule has 0 spiro atoms. The predicted molar refractivity (Wildman–Crippen MR) is 115 cm³/mol. The number of carbonyl (C=O) groups excluding carboxylic acids is 1. The average molecular weight is 479 g/mol. The van der Waals surface area contributed by atoms with Gasteiger partial charge < -0.3 is 15.1 Å². The lowest BCUT2D eigenvalue weighted by Crippen LogP contribution is -2.43. The molecule has 0 aliphatic heterocycles. The summed E-state index contributed by atoms with van der Waals surface area (Å²) in [5.74, 6) is 0.754. The maximum atomic E-state index is 11.9. The molecule has 0 heterocycles. The third-order valence-corrected chi connectivity index (χ3v) is 4.65. The number of likely N-dealkylation sites (N-methyl/N-ethyl adjacent to an activating group) is 1. The smallest absolute Gasteiger partial charge is 0.243 e. The Morgan fingerprint density at radius 1 is 1.24 bits per heavy atom. The Morgan fingerprint density at radius 3 is 2.48 bits per heavy atom. The minimum atomic E-state index is -0.00753. The van der Waals surface area contributed by atoms with Crippen LogP contribution >= 0.6 is 35.6 Å². The molecule has 1 aromatic carbocycles. The van der Waals surface area contributed by atoms with Crippen LogP contribution in [-0.2, 0) is 11.3 Å². The predicted octanol–water partition coefficient (Wildman–Crippen LogP) is 3.37. The Balaban J connectivity index is 0.00000312. The van der Waals surface area contributed by atoms with Gasteiger partial charge in [-0.05, 0) is 24.5 Å². The van der Waals surface area contributed by atoms with Gasteiger partial charge in [0.1, 0.15) is 6.54 Å². The summed E-state index contributed by atoms with van der Waals surface area (Å²) in [5, 5.41) is 4.26. The Bertz CT molecular complexity index is 588. The maximum absolute atomic E-state index is 11.9. The zero-order valence-corrected chi connectivity index (χ0v) is 18.3. The first-order valence-electron chi connectivity index (χ1n) is 8.43. The molecular weight excluding hydrogens is 451 g/mol. The van der Waals surface area contributed by atoms with E-state index in [9.17, 15) is 4.79 Å². The molecule has 1 aliphatic rings. The average Bonchev–Trinajstić information content (AvgIpc) is 3.06. The van der Waals surface area contributed by atoms with Crippen LogP contribution < -0.4 is 5.32 Å². The highest BCUT2D eigenvalue weighted by Crippen LogP contribution is 2.19. The van der Waals surface area contributed by atoms with Crippen LogP contribution in [-0.4, -0.2) is 55.4 Å². The highest BCUT2D eigenvalue weighted by molar-refractivity contribution is 14.0. The quantitative estimate of drug-likeness (QED) is 0.401. The first kappa shape index (κ1) is 22.0. The summed E-state index contributed by atoms with van der Waals surface area (Å²) >= 11 is 6.26. The second-order valence-corrected chi connectivity index (χ2v) is 6.91. The van der Waals surface area contributed by atoms with E-state index < -0.39 is 0 Å². The van der Waals surface area contributed by atoms with E-state index in [1.807, 2.05) is 36.2 Å². The molecular formula is C18H28ClIN4O.